The molecule has 106 valence electrons. The minimum absolute atomic E-state index is 0.252. The van der Waals surface area contributed by atoms with Gasteiger partial charge >= 0.3 is 5.97 Å². The van der Waals surface area contributed by atoms with Crippen LogP contribution in [0.25, 0.3) is 5.69 Å². The van der Waals surface area contributed by atoms with Crippen molar-refractivity contribution in [2.45, 2.75) is 19.8 Å². The number of benzene rings is 1. The van der Waals surface area contributed by atoms with Gasteiger partial charge in [0, 0.05) is 6.20 Å². The number of halogens is 2. The molecule has 0 fully saturated rings. The van der Waals surface area contributed by atoms with Crippen LogP contribution in [0.15, 0.2) is 35.1 Å². The van der Waals surface area contributed by atoms with Crippen molar-refractivity contribution in [1.82, 2.24) is 9.78 Å². The molecule has 0 spiro atoms. The second kappa shape index (κ2) is 6.41. The van der Waals surface area contributed by atoms with Crippen LogP contribution in [0, 0.1) is 0 Å². The molecule has 1 aromatic heterocycles. The Morgan fingerprint density at radius 1 is 1.55 bits per heavy atom. The van der Waals surface area contributed by atoms with Gasteiger partial charge in [-0.25, -0.2) is 4.68 Å². The molecule has 20 heavy (non-hydrogen) atoms. The minimum Gasteiger partial charge on any atom is -0.466 e. The average Bonchev–Trinajstić information content (AvgIpc) is 2.84. The number of rotatable bonds is 4. The molecule has 0 aliphatic carbocycles. The molecule has 1 unspecified atom stereocenters. The normalized spacial score (nSPS) is 12.2. The van der Waals surface area contributed by atoms with Gasteiger partial charge in [0.15, 0.2) is 0 Å². The van der Waals surface area contributed by atoms with Crippen LogP contribution >= 0.6 is 27.5 Å². The van der Waals surface area contributed by atoms with Crippen LogP contribution in [-0.2, 0) is 9.53 Å². The molecule has 0 radical (unpaired) electrons. The summed E-state index contributed by atoms with van der Waals surface area (Å²) in [5.41, 5.74) is 1.58. The van der Waals surface area contributed by atoms with Crippen molar-refractivity contribution in [3.05, 3.63) is 45.7 Å². The number of carbonyl (C=O) groups excluding carboxylic acids is 1. The summed E-state index contributed by atoms with van der Waals surface area (Å²) in [7, 11) is 0. The van der Waals surface area contributed by atoms with Crippen LogP contribution in [0.4, 0.5) is 0 Å². The first-order chi connectivity index (χ1) is 9.52. The van der Waals surface area contributed by atoms with E-state index in [2.05, 4.69) is 21.0 Å². The molecular weight excluding hydrogens is 344 g/mol. The summed E-state index contributed by atoms with van der Waals surface area (Å²) < 4.78 is 7.55. The van der Waals surface area contributed by atoms with Gasteiger partial charge in [0.05, 0.1) is 33.9 Å². The van der Waals surface area contributed by atoms with Crippen LogP contribution in [0.1, 0.15) is 25.3 Å². The minimum atomic E-state index is -0.342. The van der Waals surface area contributed by atoms with Gasteiger partial charge in [-0.05, 0) is 47.5 Å². The van der Waals surface area contributed by atoms with Crippen LogP contribution in [0.3, 0.4) is 0 Å². The highest BCUT2D eigenvalue weighted by Crippen LogP contribution is 2.26. The molecule has 0 N–H and O–H groups in total. The molecular formula is C14H14BrClN2O2. The second-order valence-electron chi connectivity index (χ2n) is 4.29. The quantitative estimate of drug-likeness (QED) is 0.778. The Morgan fingerprint density at radius 2 is 2.30 bits per heavy atom. The lowest BCUT2D eigenvalue weighted by molar-refractivity contribution is -0.144. The Kier molecular flexibility index (Phi) is 4.83. The predicted molar refractivity (Wildman–Crippen MR) is 81.3 cm³/mol. The van der Waals surface area contributed by atoms with Crippen LogP contribution < -0.4 is 0 Å². The predicted octanol–water partition coefficient (Wildman–Crippen LogP) is 3.95. The maximum absolute atomic E-state index is 11.7. The molecule has 2 rings (SSSR count). The zero-order valence-corrected chi connectivity index (χ0v) is 13.5. The van der Waals surface area contributed by atoms with Gasteiger partial charge in [0.25, 0.3) is 0 Å². The van der Waals surface area contributed by atoms with Gasteiger partial charge in [-0.3, -0.25) is 4.79 Å². The van der Waals surface area contributed by atoms with Crippen LogP contribution in [-0.4, -0.2) is 22.4 Å². The fourth-order valence-corrected chi connectivity index (χ4v) is 2.38. The zero-order valence-electron chi connectivity index (χ0n) is 11.1. The number of carbonyl (C=O) groups is 1. The van der Waals surface area contributed by atoms with Gasteiger partial charge in [-0.2, -0.15) is 5.10 Å². The molecule has 1 heterocycles. The number of aromatic nitrogens is 2. The molecule has 2 aromatic rings. The fourth-order valence-electron chi connectivity index (χ4n) is 1.81. The molecule has 0 amide bonds. The van der Waals surface area contributed by atoms with Gasteiger partial charge < -0.3 is 4.74 Å². The van der Waals surface area contributed by atoms with E-state index in [-0.39, 0.29) is 11.9 Å². The van der Waals surface area contributed by atoms with Gasteiger partial charge in [-0.15, -0.1) is 0 Å². The first-order valence-corrected chi connectivity index (χ1v) is 7.36. The third-order valence-corrected chi connectivity index (χ3v) is 3.62. The summed E-state index contributed by atoms with van der Waals surface area (Å²) >= 11 is 9.61. The molecule has 0 aliphatic rings. The van der Waals surface area contributed by atoms with Gasteiger partial charge in [-0.1, -0.05) is 17.7 Å². The highest BCUT2D eigenvalue weighted by molar-refractivity contribution is 9.10. The molecule has 0 saturated carbocycles. The van der Waals surface area contributed by atoms with E-state index >= 15 is 0 Å². The second-order valence-corrected chi connectivity index (χ2v) is 5.61. The lowest BCUT2D eigenvalue weighted by Gasteiger charge is -2.12. The number of nitrogens with zero attached hydrogens (tertiary/aromatic N) is 2. The molecule has 4 nitrogen and oxygen atoms in total. The Morgan fingerprint density at radius 3 is 2.85 bits per heavy atom. The zero-order chi connectivity index (χ0) is 14.7. The van der Waals surface area contributed by atoms with E-state index in [0.29, 0.717) is 11.6 Å². The standard InChI is InChI=1S/C14H14BrClN2O2/c1-3-20-14(19)9(2)10-4-5-13(12(16)6-10)18-8-11(15)7-17-18/h4-9H,3H2,1-2H3. The molecule has 0 saturated heterocycles. The third-order valence-electron chi connectivity index (χ3n) is 2.91. The van der Waals surface area contributed by atoms with Crippen molar-refractivity contribution in [3.8, 4) is 5.69 Å². The Hall–Kier alpha value is -1.33. The topological polar surface area (TPSA) is 44.1 Å². The highest BCUT2D eigenvalue weighted by atomic mass is 79.9. The van der Waals surface area contributed by atoms with E-state index in [9.17, 15) is 4.79 Å². The monoisotopic (exact) mass is 356 g/mol. The average molecular weight is 358 g/mol. The summed E-state index contributed by atoms with van der Waals surface area (Å²) in [5, 5.41) is 4.72. The molecule has 0 bridgehead atoms. The summed E-state index contributed by atoms with van der Waals surface area (Å²) in [4.78, 5) is 11.7. The van der Waals surface area contributed by atoms with Crippen LogP contribution in [0.5, 0.6) is 0 Å². The molecule has 1 aromatic carbocycles. The number of hydrogen-bond donors (Lipinski definition) is 0. The van der Waals surface area contributed by atoms with E-state index in [1.165, 1.54) is 0 Å². The Balaban J connectivity index is 2.28. The molecule has 0 aliphatic heterocycles. The van der Waals surface area contributed by atoms with Gasteiger partial charge in [0.1, 0.15) is 0 Å². The van der Waals surface area contributed by atoms with Crippen LogP contribution in [0.2, 0.25) is 5.02 Å². The summed E-state index contributed by atoms with van der Waals surface area (Å²) in [6.45, 7) is 3.96. The fraction of sp³-hybridized carbons (Fsp3) is 0.286. The lowest BCUT2D eigenvalue weighted by atomic mass is 10.0. The van der Waals surface area contributed by atoms with Crippen molar-refractivity contribution in [2.24, 2.45) is 0 Å². The van der Waals surface area contributed by atoms with Gasteiger partial charge in [0.2, 0.25) is 0 Å². The first kappa shape index (κ1) is 15.1. The number of hydrogen-bond acceptors (Lipinski definition) is 3. The molecule has 6 heteroatoms. The number of ether oxygens (including phenoxy) is 1. The highest BCUT2D eigenvalue weighted by Gasteiger charge is 2.17. The van der Waals surface area contributed by atoms with Crippen molar-refractivity contribution in [3.63, 3.8) is 0 Å². The van der Waals surface area contributed by atoms with Crippen molar-refractivity contribution in [2.75, 3.05) is 6.61 Å². The Bertz CT molecular complexity index is 627. The SMILES string of the molecule is CCOC(=O)C(C)c1ccc(-n2cc(Br)cn2)c(Cl)c1. The van der Waals surface area contributed by atoms with E-state index < -0.39 is 0 Å². The number of esters is 1. The summed E-state index contributed by atoms with van der Waals surface area (Å²) in [6, 6.07) is 5.47. The maximum Gasteiger partial charge on any atom is 0.313 e. The lowest BCUT2D eigenvalue weighted by Crippen LogP contribution is -2.13. The first-order valence-electron chi connectivity index (χ1n) is 6.19. The summed E-state index contributed by atoms with van der Waals surface area (Å²) in [6.07, 6.45) is 3.50. The van der Waals surface area contributed by atoms with Crippen molar-refractivity contribution < 1.29 is 9.53 Å². The third kappa shape index (κ3) is 3.22. The van der Waals surface area contributed by atoms with E-state index in [4.69, 9.17) is 16.3 Å². The van der Waals surface area contributed by atoms with E-state index in [0.717, 1.165) is 15.7 Å². The summed E-state index contributed by atoms with van der Waals surface area (Å²) in [5.74, 6) is -0.594. The maximum atomic E-state index is 11.7. The Labute approximate surface area is 130 Å². The van der Waals surface area contributed by atoms with E-state index in [1.807, 2.05) is 18.3 Å². The van der Waals surface area contributed by atoms with Crippen molar-refractivity contribution >= 4 is 33.5 Å². The van der Waals surface area contributed by atoms with Crippen molar-refractivity contribution in [1.29, 1.82) is 0 Å². The largest absolute Gasteiger partial charge is 0.466 e. The van der Waals surface area contributed by atoms with E-state index in [1.54, 1.807) is 30.8 Å². The molecule has 1 atom stereocenters. The smallest absolute Gasteiger partial charge is 0.313 e.